The summed E-state index contributed by atoms with van der Waals surface area (Å²) < 4.78 is 5.03. The molecule has 14 heavy (non-hydrogen) atoms. The van der Waals surface area contributed by atoms with Crippen molar-refractivity contribution in [1.82, 2.24) is 0 Å². The normalized spacial score (nSPS) is 9.07. The number of anilines is 1. The predicted octanol–water partition coefficient (Wildman–Crippen LogP) is 0.979. The number of nitrogens with two attached hydrogens (primary N) is 1. The molecule has 72 valence electrons. The Morgan fingerprint density at radius 2 is 2.36 bits per heavy atom. The number of benzene rings is 1. The fraction of sp³-hybridized carbons (Fsp3) is 0.100. The van der Waals surface area contributed by atoms with Crippen molar-refractivity contribution in [2.45, 2.75) is 0 Å². The lowest BCUT2D eigenvalue weighted by molar-refractivity contribution is 0.0693. The van der Waals surface area contributed by atoms with Gasteiger partial charge in [-0.1, -0.05) is 5.92 Å². The minimum atomic E-state index is -1.09. The van der Waals surface area contributed by atoms with E-state index in [1.165, 1.54) is 12.1 Å². The monoisotopic (exact) mass is 191 g/mol. The average Bonchev–Trinajstić information content (AvgIpc) is 2.15. The van der Waals surface area contributed by atoms with E-state index in [1.807, 2.05) is 0 Å². The van der Waals surface area contributed by atoms with Crippen LogP contribution >= 0.6 is 0 Å². The van der Waals surface area contributed by atoms with Crippen molar-refractivity contribution in [3.8, 4) is 18.1 Å². The molecule has 0 spiro atoms. The summed E-state index contributed by atoms with van der Waals surface area (Å²) in [6.07, 6.45) is 4.99. The summed E-state index contributed by atoms with van der Waals surface area (Å²) in [5.74, 6) is 1.38. The average molecular weight is 191 g/mol. The Hall–Kier alpha value is -2.15. The molecule has 1 rings (SSSR count). The first-order chi connectivity index (χ1) is 6.65. The summed E-state index contributed by atoms with van der Waals surface area (Å²) in [5.41, 5.74) is 5.82. The fourth-order valence-electron chi connectivity index (χ4n) is 0.960. The second-order valence-corrected chi connectivity index (χ2v) is 2.55. The molecule has 0 aromatic heterocycles. The van der Waals surface area contributed by atoms with Gasteiger partial charge in [0, 0.05) is 5.69 Å². The van der Waals surface area contributed by atoms with Crippen LogP contribution in [0.5, 0.6) is 5.75 Å². The van der Waals surface area contributed by atoms with Crippen LogP contribution in [-0.2, 0) is 0 Å². The van der Waals surface area contributed by atoms with Crippen LogP contribution in [0.15, 0.2) is 18.2 Å². The second kappa shape index (κ2) is 4.19. The number of carbonyl (C=O) groups is 1. The summed E-state index contributed by atoms with van der Waals surface area (Å²) in [6.45, 7) is 0.0319. The highest BCUT2D eigenvalue weighted by Gasteiger charge is 2.10. The topological polar surface area (TPSA) is 72.5 Å². The first kappa shape index (κ1) is 9.93. The Morgan fingerprint density at radius 1 is 1.64 bits per heavy atom. The maximum atomic E-state index is 10.7. The Kier molecular flexibility index (Phi) is 2.97. The lowest BCUT2D eigenvalue weighted by Crippen LogP contribution is -2.04. The van der Waals surface area contributed by atoms with E-state index in [0.717, 1.165) is 0 Å². The molecular weight excluding hydrogens is 182 g/mol. The largest absolute Gasteiger partial charge is 0.480 e. The summed E-state index contributed by atoms with van der Waals surface area (Å²) in [4.78, 5) is 10.7. The van der Waals surface area contributed by atoms with Crippen LogP contribution in [0.3, 0.4) is 0 Å². The van der Waals surface area contributed by atoms with Gasteiger partial charge in [0.15, 0.2) is 0 Å². The van der Waals surface area contributed by atoms with E-state index in [2.05, 4.69) is 5.92 Å². The van der Waals surface area contributed by atoms with Crippen molar-refractivity contribution in [3.63, 3.8) is 0 Å². The molecule has 0 unspecified atom stereocenters. The fourth-order valence-corrected chi connectivity index (χ4v) is 0.960. The number of aromatic carboxylic acids is 1. The van der Waals surface area contributed by atoms with Gasteiger partial charge in [-0.3, -0.25) is 0 Å². The maximum absolute atomic E-state index is 10.7. The van der Waals surface area contributed by atoms with Crippen molar-refractivity contribution in [2.24, 2.45) is 0 Å². The van der Waals surface area contributed by atoms with Crippen molar-refractivity contribution in [3.05, 3.63) is 23.8 Å². The Morgan fingerprint density at radius 3 is 2.93 bits per heavy atom. The van der Waals surface area contributed by atoms with E-state index in [4.69, 9.17) is 22.0 Å². The molecule has 0 radical (unpaired) electrons. The van der Waals surface area contributed by atoms with Gasteiger partial charge in [-0.2, -0.15) is 0 Å². The van der Waals surface area contributed by atoms with E-state index < -0.39 is 5.97 Å². The molecule has 1 aromatic rings. The molecule has 0 amide bonds. The van der Waals surface area contributed by atoms with E-state index in [9.17, 15) is 4.79 Å². The Bertz CT molecular complexity index is 393. The number of carboxylic acid groups (broad SMARTS) is 1. The van der Waals surface area contributed by atoms with Gasteiger partial charge >= 0.3 is 5.97 Å². The summed E-state index contributed by atoms with van der Waals surface area (Å²) in [5, 5.41) is 8.80. The van der Waals surface area contributed by atoms with E-state index in [-0.39, 0.29) is 17.9 Å². The van der Waals surface area contributed by atoms with Crippen LogP contribution < -0.4 is 10.5 Å². The van der Waals surface area contributed by atoms with Gasteiger partial charge in [0.25, 0.3) is 0 Å². The molecule has 0 atom stereocenters. The number of rotatable bonds is 3. The third-order valence-corrected chi connectivity index (χ3v) is 1.55. The minimum Gasteiger partial charge on any atom is -0.480 e. The molecule has 0 saturated carbocycles. The number of hydrogen-bond donors (Lipinski definition) is 2. The summed E-state index contributed by atoms with van der Waals surface area (Å²) in [6, 6.07) is 4.36. The van der Waals surface area contributed by atoms with Gasteiger partial charge in [0.2, 0.25) is 0 Å². The molecule has 0 heterocycles. The number of ether oxygens (including phenoxy) is 1. The van der Waals surface area contributed by atoms with Crippen LogP contribution in [0, 0.1) is 12.3 Å². The van der Waals surface area contributed by atoms with Crippen molar-refractivity contribution in [1.29, 1.82) is 0 Å². The third-order valence-electron chi connectivity index (χ3n) is 1.55. The molecule has 0 bridgehead atoms. The zero-order valence-electron chi connectivity index (χ0n) is 7.36. The zero-order valence-corrected chi connectivity index (χ0v) is 7.36. The molecule has 4 nitrogen and oxygen atoms in total. The molecule has 4 heteroatoms. The van der Waals surface area contributed by atoms with Crippen molar-refractivity contribution in [2.75, 3.05) is 12.3 Å². The van der Waals surface area contributed by atoms with E-state index in [0.29, 0.717) is 5.69 Å². The molecule has 0 aliphatic carbocycles. The highest BCUT2D eigenvalue weighted by atomic mass is 16.5. The highest BCUT2D eigenvalue weighted by molar-refractivity contribution is 5.92. The smallest absolute Gasteiger partial charge is 0.339 e. The van der Waals surface area contributed by atoms with Crippen molar-refractivity contribution < 1.29 is 14.6 Å². The number of terminal acetylenes is 1. The van der Waals surface area contributed by atoms with Crippen molar-refractivity contribution >= 4 is 11.7 Å². The lowest BCUT2D eigenvalue weighted by Gasteiger charge is -2.06. The first-order valence-electron chi connectivity index (χ1n) is 3.84. The molecular formula is C10H9NO3. The molecule has 0 fully saturated rings. The molecule has 0 saturated heterocycles. The van der Waals surface area contributed by atoms with Crippen LogP contribution in [0.4, 0.5) is 5.69 Å². The van der Waals surface area contributed by atoms with Gasteiger partial charge in [0.05, 0.1) is 0 Å². The summed E-state index contributed by atoms with van der Waals surface area (Å²) in [7, 11) is 0. The van der Waals surface area contributed by atoms with Gasteiger partial charge in [-0.25, -0.2) is 4.79 Å². The number of carboxylic acids is 1. The lowest BCUT2D eigenvalue weighted by atomic mass is 10.2. The molecule has 0 aliphatic heterocycles. The van der Waals surface area contributed by atoms with Gasteiger partial charge in [-0.05, 0) is 18.2 Å². The highest BCUT2D eigenvalue weighted by Crippen LogP contribution is 2.21. The molecule has 3 N–H and O–H groups in total. The SMILES string of the molecule is C#CCOc1ccc(N)cc1C(=O)O. The Labute approximate surface area is 81.3 Å². The number of nitrogen functional groups attached to an aromatic ring is 1. The van der Waals surface area contributed by atoms with E-state index in [1.54, 1.807) is 6.07 Å². The second-order valence-electron chi connectivity index (χ2n) is 2.55. The van der Waals surface area contributed by atoms with Gasteiger partial charge in [0.1, 0.15) is 17.9 Å². The van der Waals surface area contributed by atoms with Crippen LogP contribution in [0.1, 0.15) is 10.4 Å². The maximum Gasteiger partial charge on any atom is 0.339 e. The zero-order chi connectivity index (χ0) is 10.6. The third kappa shape index (κ3) is 2.17. The Balaban J connectivity index is 3.03. The standard InChI is InChI=1S/C10H9NO3/c1-2-5-14-9-4-3-7(11)6-8(9)10(12)13/h1,3-4,6H,5,11H2,(H,12,13). The molecule has 0 aliphatic rings. The van der Waals surface area contributed by atoms with Crippen LogP contribution in [0.25, 0.3) is 0 Å². The van der Waals surface area contributed by atoms with Gasteiger partial charge in [-0.15, -0.1) is 6.42 Å². The number of hydrogen-bond acceptors (Lipinski definition) is 3. The van der Waals surface area contributed by atoms with Crippen LogP contribution in [-0.4, -0.2) is 17.7 Å². The summed E-state index contributed by atoms with van der Waals surface area (Å²) >= 11 is 0. The van der Waals surface area contributed by atoms with Gasteiger partial charge < -0.3 is 15.6 Å². The minimum absolute atomic E-state index is 0.0141. The first-order valence-corrected chi connectivity index (χ1v) is 3.84. The van der Waals surface area contributed by atoms with E-state index >= 15 is 0 Å². The van der Waals surface area contributed by atoms with Crippen LogP contribution in [0.2, 0.25) is 0 Å². The predicted molar refractivity (Wildman–Crippen MR) is 52.1 cm³/mol. The quantitative estimate of drug-likeness (QED) is 0.551. The molecule has 1 aromatic carbocycles.